The number of pyridine rings is 1. The molecule has 0 spiro atoms. The van der Waals surface area contributed by atoms with E-state index in [0.717, 1.165) is 26.2 Å². The molecular formula is C22H25N3O4. The van der Waals surface area contributed by atoms with E-state index in [0.29, 0.717) is 23.2 Å². The molecule has 0 bridgehead atoms. The summed E-state index contributed by atoms with van der Waals surface area (Å²) in [6, 6.07) is 16.5. The van der Waals surface area contributed by atoms with Crippen molar-refractivity contribution in [3.05, 3.63) is 65.0 Å². The van der Waals surface area contributed by atoms with E-state index in [1.165, 1.54) is 17.8 Å². The molecule has 0 saturated carbocycles. The van der Waals surface area contributed by atoms with Crippen molar-refractivity contribution in [2.24, 2.45) is 0 Å². The Labute approximate surface area is 168 Å². The number of aromatic nitrogens is 1. The van der Waals surface area contributed by atoms with Crippen molar-refractivity contribution in [2.75, 3.05) is 44.2 Å². The van der Waals surface area contributed by atoms with Crippen molar-refractivity contribution in [2.45, 2.75) is 6.10 Å². The normalized spacial score (nSPS) is 16.1. The molecule has 2 heterocycles. The Bertz CT molecular complexity index is 1010. The number of aromatic amines is 1. The number of β-amino-alcohol motifs (C(OH)–C–C–N with tert-alkyl or cyclic N) is 1. The number of rotatable bonds is 6. The molecule has 1 aliphatic heterocycles. The number of hydrogen-bond donors (Lipinski definition) is 3. The maximum absolute atomic E-state index is 11.5. The van der Waals surface area contributed by atoms with Gasteiger partial charge in [-0.3, -0.25) is 9.69 Å². The zero-order chi connectivity index (χ0) is 20.2. The zero-order valence-corrected chi connectivity index (χ0v) is 16.1. The number of fused-ring (bicyclic) bond motifs is 1. The van der Waals surface area contributed by atoms with Crippen LogP contribution in [-0.4, -0.2) is 65.5 Å². The number of para-hydroxylation sites is 1. The molecule has 3 aromatic rings. The van der Waals surface area contributed by atoms with Crippen LogP contribution in [0.15, 0.2) is 59.4 Å². The summed E-state index contributed by atoms with van der Waals surface area (Å²) in [5.74, 6) is 0.504. The van der Waals surface area contributed by atoms with E-state index in [1.54, 1.807) is 12.1 Å². The second-order valence-corrected chi connectivity index (χ2v) is 7.28. The molecule has 0 amide bonds. The minimum atomic E-state index is -0.634. The number of phenolic OH excluding ortho intramolecular Hbond substituents is 1. The summed E-state index contributed by atoms with van der Waals surface area (Å²) in [5, 5.41) is 21.0. The lowest BCUT2D eigenvalue weighted by molar-refractivity contribution is 0.0668. The number of hydrogen-bond acceptors (Lipinski definition) is 6. The molecule has 1 atom stereocenters. The Balaban J connectivity index is 1.31. The smallest absolute Gasteiger partial charge is 0.248 e. The van der Waals surface area contributed by atoms with Crippen LogP contribution >= 0.6 is 0 Å². The number of phenols is 1. The Morgan fingerprint density at radius 1 is 1.00 bits per heavy atom. The number of anilines is 1. The lowest BCUT2D eigenvalue weighted by Crippen LogP contribution is -2.49. The van der Waals surface area contributed by atoms with Crippen molar-refractivity contribution in [3.8, 4) is 11.5 Å². The number of aromatic hydroxyl groups is 1. The van der Waals surface area contributed by atoms with Gasteiger partial charge in [0, 0.05) is 49.9 Å². The SMILES string of the molecule is O=c1ccc2c(OCC(O)CN3CCN(c4ccccc4)CC3)ccc(O)c2[nH]1. The van der Waals surface area contributed by atoms with Gasteiger partial charge < -0.3 is 24.8 Å². The van der Waals surface area contributed by atoms with Crippen LogP contribution in [0.1, 0.15) is 0 Å². The summed E-state index contributed by atoms with van der Waals surface area (Å²) in [7, 11) is 0. The van der Waals surface area contributed by atoms with Crippen LogP contribution in [0.3, 0.4) is 0 Å². The Hall–Kier alpha value is -3.03. The van der Waals surface area contributed by atoms with Crippen LogP contribution < -0.4 is 15.2 Å². The average Bonchev–Trinajstić information content (AvgIpc) is 2.75. The molecule has 3 N–H and O–H groups in total. The zero-order valence-electron chi connectivity index (χ0n) is 16.1. The first-order valence-corrected chi connectivity index (χ1v) is 9.78. The molecule has 1 aromatic heterocycles. The van der Waals surface area contributed by atoms with Crippen LogP contribution in [0.2, 0.25) is 0 Å². The molecule has 29 heavy (non-hydrogen) atoms. The van der Waals surface area contributed by atoms with Crippen LogP contribution in [0, 0.1) is 0 Å². The fraction of sp³-hybridized carbons (Fsp3) is 0.318. The van der Waals surface area contributed by atoms with Crippen molar-refractivity contribution in [3.63, 3.8) is 0 Å². The maximum Gasteiger partial charge on any atom is 0.248 e. The van der Waals surface area contributed by atoms with Crippen LogP contribution in [0.5, 0.6) is 11.5 Å². The van der Waals surface area contributed by atoms with Crippen molar-refractivity contribution in [1.29, 1.82) is 0 Å². The molecule has 0 aliphatic carbocycles. The summed E-state index contributed by atoms with van der Waals surface area (Å²) >= 11 is 0. The number of aliphatic hydroxyl groups is 1. The fourth-order valence-electron chi connectivity index (χ4n) is 3.70. The molecule has 1 aliphatic rings. The van der Waals surface area contributed by atoms with Crippen molar-refractivity contribution in [1.82, 2.24) is 9.88 Å². The molecule has 7 nitrogen and oxygen atoms in total. The lowest BCUT2D eigenvalue weighted by atomic mass is 10.2. The van der Waals surface area contributed by atoms with Gasteiger partial charge in [-0.2, -0.15) is 0 Å². The molecule has 2 aromatic carbocycles. The van der Waals surface area contributed by atoms with Crippen molar-refractivity contribution >= 4 is 16.6 Å². The maximum atomic E-state index is 11.5. The molecule has 0 radical (unpaired) electrons. The van der Waals surface area contributed by atoms with Gasteiger partial charge in [0.2, 0.25) is 5.56 Å². The number of piperazine rings is 1. The first-order chi connectivity index (χ1) is 14.1. The van der Waals surface area contributed by atoms with Gasteiger partial charge in [-0.05, 0) is 30.3 Å². The molecule has 152 valence electrons. The minimum absolute atomic E-state index is 0.0121. The number of nitrogens with zero attached hydrogens (tertiary/aromatic N) is 2. The first-order valence-electron chi connectivity index (χ1n) is 9.78. The molecule has 1 fully saturated rings. The second-order valence-electron chi connectivity index (χ2n) is 7.28. The largest absolute Gasteiger partial charge is 0.506 e. The third-order valence-electron chi connectivity index (χ3n) is 5.23. The van der Waals surface area contributed by atoms with Gasteiger partial charge in [-0.25, -0.2) is 0 Å². The topological polar surface area (TPSA) is 89.0 Å². The van der Waals surface area contributed by atoms with Crippen molar-refractivity contribution < 1.29 is 14.9 Å². The number of aliphatic hydroxyl groups excluding tert-OH is 1. The van der Waals surface area contributed by atoms with Gasteiger partial charge in [0.15, 0.2) is 0 Å². The van der Waals surface area contributed by atoms with Gasteiger partial charge >= 0.3 is 0 Å². The number of nitrogens with one attached hydrogen (secondary N) is 1. The summed E-state index contributed by atoms with van der Waals surface area (Å²) in [5.41, 5.74) is 1.27. The fourth-order valence-corrected chi connectivity index (χ4v) is 3.70. The van der Waals surface area contributed by atoms with Crippen LogP contribution in [0.25, 0.3) is 10.9 Å². The predicted molar refractivity (Wildman–Crippen MR) is 113 cm³/mol. The summed E-state index contributed by atoms with van der Waals surface area (Å²) in [4.78, 5) is 18.7. The van der Waals surface area contributed by atoms with E-state index in [9.17, 15) is 15.0 Å². The summed E-state index contributed by atoms with van der Waals surface area (Å²) < 4.78 is 5.79. The summed E-state index contributed by atoms with van der Waals surface area (Å²) in [6.07, 6.45) is -0.634. The monoisotopic (exact) mass is 395 g/mol. The molecular weight excluding hydrogens is 370 g/mol. The van der Waals surface area contributed by atoms with E-state index < -0.39 is 6.10 Å². The minimum Gasteiger partial charge on any atom is -0.506 e. The van der Waals surface area contributed by atoms with E-state index in [-0.39, 0.29) is 17.9 Å². The number of benzene rings is 2. The molecule has 1 saturated heterocycles. The molecule has 4 rings (SSSR count). The van der Waals surface area contributed by atoms with E-state index >= 15 is 0 Å². The Morgan fingerprint density at radius 2 is 1.76 bits per heavy atom. The third kappa shape index (κ3) is 4.52. The second kappa shape index (κ2) is 8.55. The Kier molecular flexibility index (Phi) is 5.69. The van der Waals surface area contributed by atoms with E-state index in [4.69, 9.17) is 4.74 Å². The van der Waals surface area contributed by atoms with Gasteiger partial charge in [-0.15, -0.1) is 0 Å². The Morgan fingerprint density at radius 3 is 2.52 bits per heavy atom. The van der Waals surface area contributed by atoms with Gasteiger partial charge in [-0.1, -0.05) is 18.2 Å². The van der Waals surface area contributed by atoms with E-state index in [2.05, 4.69) is 26.9 Å². The standard InChI is InChI=1S/C22H25N3O4/c26-17(14-24-10-12-25(13-11-24)16-4-2-1-3-5-16)15-29-20-8-7-19(27)22-18(20)6-9-21(28)23-22/h1-9,17,26-27H,10-15H2,(H,23,28). The summed E-state index contributed by atoms with van der Waals surface area (Å²) in [6.45, 7) is 4.29. The lowest BCUT2D eigenvalue weighted by Gasteiger charge is -2.36. The highest BCUT2D eigenvalue weighted by atomic mass is 16.5. The predicted octanol–water partition coefficient (Wildman–Crippen LogP) is 1.80. The van der Waals surface area contributed by atoms with Crippen LogP contribution in [-0.2, 0) is 0 Å². The highest BCUT2D eigenvalue weighted by Gasteiger charge is 2.20. The first kappa shape index (κ1) is 19.3. The number of ether oxygens (including phenoxy) is 1. The molecule has 1 unspecified atom stereocenters. The number of H-pyrrole nitrogens is 1. The van der Waals surface area contributed by atoms with E-state index in [1.807, 2.05) is 18.2 Å². The van der Waals surface area contributed by atoms with Gasteiger partial charge in [0.05, 0.1) is 5.52 Å². The highest BCUT2D eigenvalue weighted by molar-refractivity contribution is 5.89. The van der Waals surface area contributed by atoms with Crippen LogP contribution in [0.4, 0.5) is 5.69 Å². The average molecular weight is 395 g/mol. The quantitative estimate of drug-likeness (QED) is 0.590. The van der Waals surface area contributed by atoms with Gasteiger partial charge in [0.25, 0.3) is 0 Å². The third-order valence-corrected chi connectivity index (χ3v) is 5.23. The molecule has 7 heteroatoms. The van der Waals surface area contributed by atoms with Gasteiger partial charge in [0.1, 0.15) is 24.2 Å². The highest BCUT2D eigenvalue weighted by Crippen LogP contribution is 2.30.